The van der Waals surface area contributed by atoms with Gasteiger partial charge in [0.1, 0.15) is 0 Å². The molecule has 2 nitrogen and oxygen atoms in total. The highest BCUT2D eigenvalue weighted by molar-refractivity contribution is 7.99. The second kappa shape index (κ2) is 7.30. The van der Waals surface area contributed by atoms with Gasteiger partial charge in [0, 0.05) is 29.6 Å². The first-order chi connectivity index (χ1) is 7.63. The zero-order valence-electron chi connectivity index (χ0n) is 10.6. The molecule has 0 fully saturated rings. The van der Waals surface area contributed by atoms with Crippen LogP contribution in [0.1, 0.15) is 44.3 Å². The number of hydrogen-bond donors (Lipinski definition) is 1. The molecule has 1 atom stereocenters. The van der Waals surface area contributed by atoms with Crippen molar-refractivity contribution in [2.75, 3.05) is 11.5 Å². The van der Waals surface area contributed by atoms with Crippen molar-refractivity contribution in [2.24, 2.45) is 0 Å². The van der Waals surface area contributed by atoms with Crippen LogP contribution in [0.15, 0.2) is 5.38 Å². The highest BCUT2D eigenvalue weighted by Crippen LogP contribution is 2.19. The number of thioether (sulfide) groups is 1. The number of thiazole rings is 1. The normalized spacial score (nSPS) is 13.3. The lowest BCUT2D eigenvalue weighted by atomic mass is 10.2. The zero-order chi connectivity index (χ0) is 12.0. The molecule has 0 amide bonds. The van der Waals surface area contributed by atoms with Crippen molar-refractivity contribution in [1.82, 2.24) is 10.3 Å². The number of hydrogen-bond acceptors (Lipinski definition) is 4. The van der Waals surface area contributed by atoms with Crippen LogP contribution in [0.3, 0.4) is 0 Å². The molecule has 1 aromatic heterocycles. The number of rotatable bonds is 7. The van der Waals surface area contributed by atoms with Gasteiger partial charge < -0.3 is 5.32 Å². The van der Waals surface area contributed by atoms with Crippen LogP contribution in [0.4, 0.5) is 0 Å². The molecule has 0 saturated heterocycles. The number of aromatic nitrogens is 1. The molecule has 0 aliphatic heterocycles. The van der Waals surface area contributed by atoms with E-state index < -0.39 is 0 Å². The van der Waals surface area contributed by atoms with Crippen molar-refractivity contribution < 1.29 is 0 Å². The van der Waals surface area contributed by atoms with E-state index in [0.29, 0.717) is 12.0 Å². The molecule has 0 radical (unpaired) electrons. The molecule has 0 saturated carbocycles. The summed E-state index contributed by atoms with van der Waals surface area (Å²) in [6.07, 6.45) is 0. The molecule has 16 heavy (non-hydrogen) atoms. The SMILES string of the molecule is CCSCC(C)NCc1csc(C(C)C)n1. The molecule has 4 heteroatoms. The average molecular weight is 258 g/mol. The predicted molar refractivity (Wildman–Crippen MR) is 75.5 cm³/mol. The van der Waals surface area contributed by atoms with Gasteiger partial charge in [0.05, 0.1) is 10.7 Å². The lowest BCUT2D eigenvalue weighted by Crippen LogP contribution is -2.27. The van der Waals surface area contributed by atoms with E-state index in [0.717, 1.165) is 6.54 Å². The Morgan fingerprint density at radius 3 is 2.75 bits per heavy atom. The monoisotopic (exact) mass is 258 g/mol. The topological polar surface area (TPSA) is 24.9 Å². The maximum absolute atomic E-state index is 4.61. The van der Waals surface area contributed by atoms with Gasteiger partial charge in [0.2, 0.25) is 0 Å². The Balaban J connectivity index is 2.31. The third-order valence-corrected chi connectivity index (χ3v) is 4.61. The van der Waals surface area contributed by atoms with E-state index in [1.165, 1.54) is 22.2 Å². The summed E-state index contributed by atoms with van der Waals surface area (Å²) < 4.78 is 0. The van der Waals surface area contributed by atoms with E-state index >= 15 is 0 Å². The van der Waals surface area contributed by atoms with Crippen LogP contribution in [0.25, 0.3) is 0 Å². The molecule has 1 unspecified atom stereocenters. The molecule has 0 spiro atoms. The molecular formula is C12H22N2S2. The third-order valence-electron chi connectivity index (χ3n) is 2.27. The molecule has 1 N–H and O–H groups in total. The summed E-state index contributed by atoms with van der Waals surface area (Å²) in [5, 5.41) is 6.92. The molecule has 1 rings (SSSR count). The molecule has 0 aromatic carbocycles. The van der Waals surface area contributed by atoms with E-state index in [-0.39, 0.29) is 0 Å². The fourth-order valence-electron chi connectivity index (χ4n) is 1.30. The van der Waals surface area contributed by atoms with Gasteiger partial charge in [-0.05, 0) is 12.7 Å². The van der Waals surface area contributed by atoms with Gasteiger partial charge in [-0.15, -0.1) is 11.3 Å². The summed E-state index contributed by atoms with van der Waals surface area (Å²) in [4.78, 5) is 4.61. The lowest BCUT2D eigenvalue weighted by molar-refractivity contribution is 0.588. The summed E-state index contributed by atoms with van der Waals surface area (Å²) in [6, 6.07) is 0.564. The van der Waals surface area contributed by atoms with Crippen LogP contribution < -0.4 is 5.32 Å². The summed E-state index contributed by atoms with van der Waals surface area (Å²) in [6.45, 7) is 9.72. The fourth-order valence-corrected chi connectivity index (χ4v) is 2.84. The second-order valence-corrected chi connectivity index (χ2v) is 6.48. The molecule has 1 aromatic rings. The van der Waals surface area contributed by atoms with E-state index in [1.54, 1.807) is 11.3 Å². The number of nitrogens with one attached hydrogen (secondary N) is 1. The van der Waals surface area contributed by atoms with Gasteiger partial charge in [-0.1, -0.05) is 20.8 Å². The van der Waals surface area contributed by atoms with Crippen molar-refractivity contribution in [3.63, 3.8) is 0 Å². The zero-order valence-corrected chi connectivity index (χ0v) is 12.3. The van der Waals surface area contributed by atoms with Crippen molar-refractivity contribution in [3.8, 4) is 0 Å². The molecule has 92 valence electrons. The maximum Gasteiger partial charge on any atom is 0.0954 e. The summed E-state index contributed by atoms with van der Waals surface area (Å²) in [7, 11) is 0. The van der Waals surface area contributed by atoms with Crippen LogP contribution in [0.5, 0.6) is 0 Å². The van der Waals surface area contributed by atoms with Crippen LogP contribution in [0.2, 0.25) is 0 Å². The first kappa shape index (κ1) is 14.0. The van der Waals surface area contributed by atoms with E-state index in [1.807, 2.05) is 11.8 Å². The molecule has 0 aliphatic rings. The summed E-state index contributed by atoms with van der Waals surface area (Å²) in [5.41, 5.74) is 1.18. The first-order valence-electron chi connectivity index (χ1n) is 5.88. The minimum Gasteiger partial charge on any atom is -0.308 e. The molecule has 0 bridgehead atoms. The average Bonchev–Trinajstić information content (AvgIpc) is 2.72. The quantitative estimate of drug-likeness (QED) is 0.810. The smallest absolute Gasteiger partial charge is 0.0954 e. The van der Waals surface area contributed by atoms with Crippen molar-refractivity contribution >= 4 is 23.1 Å². The van der Waals surface area contributed by atoms with Crippen LogP contribution in [-0.2, 0) is 6.54 Å². The van der Waals surface area contributed by atoms with Crippen LogP contribution >= 0.6 is 23.1 Å². The summed E-state index contributed by atoms with van der Waals surface area (Å²) >= 11 is 3.75. The predicted octanol–water partition coefficient (Wildman–Crippen LogP) is 3.50. The van der Waals surface area contributed by atoms with Gasteiger partial charge in [-0.2, -0.15) is 11.8 Å². The Hall–Kier alpha value is -0.0600. The van der Waals surface area contributed by atoms with Crippen molar-refractivity contribution in [2.45, 2.75) is 46.2 Å². The standard InChI is InChI=1S/C12H22N2S2/c1-5-15-7-10(4)13-6-11-8-16-12(14-11)9(2)3/h8-10,13H,5-7H2,1-4H3. The maximum atomic E-state index is 4.61. The largest absolute Gasteiger partial charge is 0.308 e. The molecule has 0 aliphatic carbocycles. The van der Waals surface area contributed by atoms with E-state index in [2.05, 4.69) is 43.4 Å². The van der Waals surface area contributed by atoms with Crippen LogP contribution in [0, 0.1) is 0 Å². The van der Waals surface area contributed by atoms with Gasteiger partial charge in [-0.3, -0.25) is 0 Å². The van der Waals surface area contributed by atoms with Gasteiger partial charge >= 0.3 is 0 Å². The third kappa shape index (κ3) is 4.85. The van der Waals surface area contributed by atoms with Gasteiger partial charge in [-0.25, -0.2) is 4.98 Å². The Morgan fingerprint density at radius 2 is 2.19 bits per heavy atom. The Labute approximate surface area is 107 Å². The Morgan fingerprint density at radius 1 is 1.44 bits per heavy atom. The van der Waals surface area contributed by atoms with Gasteiger partial charge in [0.15, 0.2) is 0 Å². The van der Waals surface area contributed by atoms with Crippen LogP contribution in [-0.4, -0.2) is 22.5 Å². The van der Waals surface area contributed by atoms with Crippen molar-refractivity contribution in [3.05, 3.63) is 16.1 Å². The lowest BCUT2D eigenvalue weighted by Gasteiger charge is -2.11. The number of nitrogens with zero attached hydrogens (tertiary/aromatic N) is 1. The Bertz CT molecular complexity index is 297. The van der Waals surface area contributed by atoms with E-state index in [4.69, 9.17) is 0 Å². The first-order valence-corrected chi connectivity index (χ1v) is 7.92. The summed E-state index contributed by atoms with van der Waals surface area (Å²) in [5.74, 6) is 2.92. The minimum absolute atomic E-state index is 0.548. The molecule has 1 heterocycles. The minimum atomic E-state index is 0.548. The fraction of sp³-hybridized carbons (Fsp3) is 0.750. The highest BCUT2D eigenvalue weighted by atomic mass is 32.2. The highest BCUT2D eigenvalue weighted by Gasteiger charge is 2.06. The van der Waals surface area contributed by atoms with E-state index in [9.17, 15) is 0 Å². The Kier molecular flexibility index (Phi) is 6.39. The second-order valence-electron chi connectivity index (χ2n) is 4.27. The van der Waals surface area contributed by atoms with Gasteiger partial charge in [0.25, 0.3) is 0 Å². The van der Waals surface area contributed by atoms with Crippen molar-refractivity contribution in [1.29, 1.82) is 0 Å². The molecular weight excluding hydrogens is 236 g/mol.